The van der Waals surface area contributed by atoms with Gasteiger partial charge in [0.1, 0.15) is 5.54 Å². The average Bonchev–Trinajstić information content (AvgIpc) is 2.90. The Morgan fingerprint density at radius 3 is 2.85 bits per heavy atom. The summed E-state index contributed by atoms with van der Waals surface area (Å²) < 4.78 is 5.71. The van der Waals surface area contributed by atoms with Crippen molar-refractivity contribution in [3.8, 4) is 0 Å². The van der Waals surface area contributed by atoms with Gasteiger partial charge in [0, 0.05) is 31.1 Å². The second-order valence-electron chi connectivity index (χ2n) is 6.77. The van der Waals surface area contributed by atoms with Gasteiger partial charge in [-0.15, -0.1) is 0 Å². The van der Waals surface area contributed by atoms with E-state index in [1.54, 1.807) is 0 Å². The SMILES string of the molecule is CCC(CCO)CNC(=O)C1(N)C2CCOC2C1(C)C. The molecule has 1 aliphatic carbocycles. The highest BCUT2D eigenvalue weighted by molar-refractivity contribution is 5.89. The molecule has 116 valence electrons. The smallest absolute Gasteiger partial charge is 0.241 e. The van der Waals surface area contributed by atoms with E-state index in [-0.39, 0.29) is 30.0 Å². The van der Waals surface area contributed by atoms with E-state index >= 15 is 0 Å². The van der Waals surface area contributed by atoms with Crippen molar-refractivity contribution in [2.24, 2.45) is 23.0 Å². The van der Waals surface area contributed by atoms with Gasteiger partial charge in [-0.25, -0.2) is 0 Å². The zero-order valence-corrected chi connectivity index (χ0v) is 12.8. The van der Waals surface area contributed by atoms with Crippen LogP contribution in [0.5, 0.6) is 0 Å². The highest BCUT2D eigenvalue weighted by Gasteiger charge is 2.71. The molecule has 2 aliphatic rings. The summed E-state index contributed by atoms with van der Waals surface area (Å²) in [6.45, 7) is 7.55. The topological polar surface area (TPSA) is 84.6 Å². The second kappa shape index (κ2) is 5.62. The Morgan fingerprint density at radius 1 is 1.55 bits per heavy atom. The molecule has 0 radical (unpaired) electrons. The highest BCUT2D eigenvalue weighted by Crippen LogP contribution is 2.58. The molecule has 1 amide bonds. The third-order valence-electron chi connectivity index (χ3n) is 5.50. The van der Waals surface area contributed by atoms with Crippen LogP contribution in [0.1, 0.15) is 40.0 Å². The van der Waals surface area contributed by atoms with E-state index in [9.17, 15) is 4.79 Å². The van der Waals surface area contributed by atoms with E-state index < -0.39 is 5.54 Å². The first-order chi connectivity index (χ1) is 9.39. The number of carbonyl (C=O) groups excluding carboxylic acids is 1. The van der Waals surface area contributed by atoms with Gasteiger partial charge in [0.2, 0.25) is 5.91 Å². The van der Waals surface area contributed by atoms with Crippen LogP contribution < -0.4 is 11.1 Å². The fraction of sp³-hybridized carbons (Fsp3) is 0.933. The van der Waals surface area contributed by atoms with E-state index in [0.29, 0.717) is 25.5 Å². The molecular formula is C15H28N2O3. The lowest BCUT2D eigenvalue weighted by molar-refractivity contribution is -0.175. The molecule has 1 aliphatic heterocycles. The summed E-state index contributed by atoms with van der Waals surface area (Å²) in [5.74, 6) is 0.382. The minimum absolute atomic E-state index is 0.0642. The van der Waals surface area contributed by atoms with Crippen LogP contribution in [0.3, 0.4) is 0 Å². The van der Waals surface area contributed by atoms with Crippen LogP contribution in [0.15, 0.2) is 0 Å². The van der Waals surface area contributed by atoms with Gasteiger partial charge >= 0.3 is 0 Å². The van der Waals surface area contributed by atoms with Crippen molar-refractivity contribution in [2.45, 2.75) is 51.7 Å². The lowest BCUT2D eigenvalue weighted by Crippen LogP contribution is -2.80. The molecule has 4 unspecified atom stereocenters. The fourth-order valence-electron chi connectivity index (χ4n) is 3.86. The number of amides is 1. The zero-order valence-electron chi connectivity index (χ0n) is 12.8. The van der Waals surface area contributed by atoms with E-state index in [1.165, 1.54) is 0 Å². The number of hydrogen-bond donors (Lipinski definition) is 3. The van der Waals surface area contributed by atoms with Gasteiger partial charge < -0.3 is 20.9 Å². The molecule has 0 bridgehead atoms. The number of nitrogens with one attached hydrogen (secondary N) is 1. The summed E-state index contributed by atoms with van der Waals surface area (Å²) in [5, 5.41) is 12.0. The number of fused-ring (bicyclic) bond motifs is 1. The number of nitrogens with two attached hydrogens (primary N) is 1. The predicted octanol–water partition coefficient (Wildman–Crippen LogP) is 0.654. The Labute approximate surface area is 121 Å². The largest absolute Gasteiger partial charge is 0.396 e. The van der Waals surface area contributed by atoms with Gasteiger partial charge in [-0.05, 0) is 18.8 Å². The number of ether oxygens (including phenoxy) is 1. The third-order valence-corrected chi connectivity index (χ3v) is 5.50. The molecule has 2 fully saturated rings. The number of aliphatic hydroxyl groups excluding tert-OH is 1. The summed E-state index contributed by atoms with van der Waals surface area (Å²) in [7, 11) is 0. The highest BCUT2D eigenvalue weighted by atomic mass is 16.5. The van der Waals surface area contributed by atoms with Crippen LogP contribution in [0.2, 0.25) is 0 Å². The molecule has 0 aromatic heterocycles. The Bertz CT molecular complexity index is 372. The standard InChI is InChI=1S/C15H28N2O3/c1-4-10(5-7-18)9-17-13(19)15(16)11-6-8-20-12(11)14(15,2)3/h10-12,18H,4-9,16H2,1-3H3,(H,17,19). The van der Waals surface area contributed by atoms with Crippen molar-refractivity contribution >= 4 is 5.91 Å². The normalized spacial score (nSPS) is 36.0. The molecule has 0 aromatic rings. The van der Waals surface area contributed by atoms with Crippen molar-refractivity contribution < 1.29 is 14.6 Å². The summed E-state index contributed by atoms with van der Waals surface area (Å²) in [6.07, 6.45) is 2.63. The van der Waals surface area contributed by atoms with E-state index in [2.05, 4.69) is 12.2 Å². The molecule has 0 spiro atoms. The minimum atomic E-state index is -0.828. The van der Waals surface area contributed by atoms with Crippen LogP contribution in [0.4, 0.5) is 0 Å². The van der Waals surface area contributed by atoms with Gasteiger partial charge in [-0.2, -0.15) is 0 Å². The molecule has 4 atom stereocenters. The minimum Gasteiger partial charge on any atom is -0.396 e. The maximum atomic E-state index is 12.6. The molecule has 5 nitrogen and oxygen atoms in total. The first-order valence-electron chi connectivity index (χ1n) is 7.69. The summed E-state index contributed by atoms with van der Waals surface area (Å²) in [6, 6.07) is 0. The Hall–Kier alpha value is -0.650. The van der Waals surface area contributed by atoms with Gasteiger partial charge in [0.25, 0.3) is 0 Å². The quantitative estimate of drug-likeness (QED) is 0.669. The van der Waals surface area contributed by atoms with E-state index in [4.69, 9.17) is 15.6 Å². The fourth-order valence-corrected chi connectivity index (χ4v) is 3.86. The molecule has 20 heavy (non-hydrogen) atoms. The Kier molecular flexibility index (Phi) is 4.42. The van der Waals surface area contributed by atoms with Crippen molar-refractivity contribution in [3.05, 3.63) is 0 Å². The third kappa shape index (κ3) is 2.16. The van der Waals surface area contributed by atoms with E-state index in [0.717, 1.165) is 12.8 Å². The Balaban J connectivity index is 1.98. The number of rotatable bonds is 6. The molecule has 2 rings (SSSR count). The first-order valence-corrected chi connectivity index (χ1v) is 7.69. The molecule has 1 saturated heterocycles. The molecular weight excluding hydrogens is 256 g/mol. The maximum Gasteiger partial charge on any atom is 0.241 e. The van der Waals surface area contributed by atoms with Gasteiger partial charge in [-0.1, -0.05) is 27.2 Å². The van der Waals surface area contributed by atoms with Crippen LogP contribution >= 0.6 is 0 Å². The van der Waals surface area contributed by atoms with Gasteiger partial charge in [0.15, 0.2) is 0 Å². The van der Waals surface area contributed by atoms with E-state index in [1.807, 2.05) is 13.8 Å². The van der Waals surface area contributed by atoms with Crippen LogP contribution in [-0.2, 0) is 9.53 Å². The van der Waals surface area contributed by atoms with Crippen molar-refractivity contribution in [1.29, 1.82) is 0 Å². The molecule has 1 saturated carbocycles. The molecule has 0 aromatic carbocycles. The van der Waals surface area contributed by atoms with Gasteiger partial charge in [-0.3, -0.25) is 4.79 Å². The van der Waals surface area contributed by atoms with Crippen LogP contribution in [-0.4, -0.2) is 42.4 Å². The summed E-state index contributed by atoms with van der Waals surface area (Å²) >= 11 is 0. The summed E-state index contributed by atoms with van der Waals surface area (Å²) in [5.41, 5.74) is 5.32. The van der Waals surface area contributed by atoms with Crippen molar-refractivity contribution in [1.82, 2.24) is 5.32 Å². The number of carbonyl (C=O) groups is 1. The Morgan fingerprint density at radius 2 is 2.25 bits per heavy atom. The maximum absolute atomic E-state index is 12.6. The molecule has 5 heteroatoms. The number of hydrogen-bond acceptors (Lipinski definition) is 4. The zero-order chi connectivity index (χ0) is 15.0. The lowest BCUT2D eigenvalue weighted by atomic mass is 9.48. The predicted molar refractivity (Wildman–Crippen MR) is 77.0 cm³/mol. The second-order valence-corrected chi connectivity index (χ2v) is 6.77. The average molecular weight is 284 g/mol. The van der Waals surface area contributed by atoms with Gasteiger partial charge in [0.05, 0.1) is 6.10 Å². The lowest BCUT2D eigenvalue weighted by Gasteiger charge is -2.60. The molecule has 4 N–H and O–H groups in total. The first kappa shape index (κ1) is 15.7. The van der Waals surface area contributed by atoms with Crippen molar-refractivity contribution in [3.63, 3.8) is 0 Å². The van der Waals surface area contributed by atoms with Crippen LogP contribution in [0.25, 0.3) is 0 Å². The van der Waals surface area contributed by atoms with Crippen molar-refractivity contribution in [2.75, 3.05) is 19.8 Å². The molecule has 1 heterocycles. The van der Waals surface area contributed by atoms with Crippen LogP contribution in [0, 0.1) is 17.3 Å². The monoisotopic (exact) mass is 284 g/mol. The summed E-state index contributed by atoms with van der Waals surface area (Å²) in [4.78, 5) is 12.6. The number of aliphatic hydroxyl groups is 1.